The molecule has 0 amide bonds. The van der Waals surface area contributed by atoms with Crippen molar-refractivity contribution in [1.82, 2.24) is 10.1 Å². The number of nitrogens with zero attached hydrogens (tertiary/aromatic N) is 2. The van der Waals surface area contributed by atoms with Gasteiger partial charge in [-0.05, 0) is 37.6 Å². The molecule has 0 aliphatic carbocycles. The summed E-state index contributed by atoms with van der Waals surface area (Å²) in [6.45, 7) is 5.56. The fourth-order valence-electron chi connectivity index (χ4n) is 1.61. The van der Waals surface area contributed by atoms with E-state index in [4.69, 9.17) is 4.52 Å². The summed E-state index contributed by atoms with van der Waals surface area (Å²) in [4.78, 5) is 4.34. The smallest absolute Gasteiger partial charge is 0.232 e. The van der Waals surface area contributed by atoms with Gasteiger partial charge >= 0.3 is 0 Å². The van der Waals surface area contributed by atoms with Crippen LogP contribution >= 0.6 is 15.9 Å². The summed E-state index contributed by atoms with van der Waals surface area (Å²) in [5.41, 5.74) is 2.01. The van der Waals surface area contributed by atoms with Crippen molar-refractivity contribution < 1.29 is 9.63 Å². The Morgan fingerprint density at radius 1 is 1.33 bits per heavy atom. The zero-order valence-electron chi connectivity index (χ0n) is 10.5. The summed E-state index contributed by atoms with van der Waals surface area (Å²) in [7, 11) is 0. The van der Waals surface area contributed by atoms with Crippen molar-refractivity contribution in [1.29, 1.82) is 0 Å². The van der Waals surface area contributed by atoms with Gasteiger partial charge in [-0.2, -0.15) is 4.98 Å². The molecule has 1 aromatic carbocycles. The molecular weight excluding hydrogens is 296 g/mol. The van der Waals surface area contributed by atoms with Crippen LogP contribution in [0.5, 0.6) is 0 Å². The molecule has 0 saturated carbocycles. The van der Waals surface area contributed by atoms with Crippen LogP contribution in [0.1, 0.15) is 31.2 Å². The van der Waals surface area contributed by atoms with Crippen LogP contribution in [0.2, 0.25) is 0 Å². The summed E-state index contributed by atoms with van der Waals surface area (Å²) >= 11 is 3.42. The molecule has 0 aliphatic heterocycles. The highest BCUT2D eigenvalue weighted by molar-refractivity contribution is 9.10. The number of aliphatic hydroxyl groups excluding tert-OH is 1. The van der Waals surface area contributed by atoms with Crippen molar-refractivity contribution in [3.63, 3.8) is 0 Å². The molecule has 96 valence electrons. The number of aliphatic hydroxyl groups is 1. The highest BCUT2D eigenvalue weighted by Gasteiger charge is 2.19. The number of hydrogen-bond acceptors (Lipinski definition) is 4. The van der Waals surface area contributed by atoms with Gasteiger partial charge in [0.2, 0.25) is 11.7 Å². The minimum Gasteiger partial charge on any atom is -0.393 e. The molecule has 2 atom stereocenters. The van der Waals surface area contributed by atoms with Gasteiger partial charge in [-0.3, -0.25) is 0 Å². The molecule has 0 radical (unpaired) electrons. The molecule has 1 aromatic heterocycles. The molecule has 2 aromatic rings. The third-order valence-electron chi connectivity index (χ3n) is 2.98. The molecule has 0 aliphatic rings. The summed E-state index contributed by atoms with van der Waals surface area (Å²) in [5, 5.41) is 13.5. The van der Waals surface area contributed by atoms with E-state index >= 15 is 0 Å². The van der Waals surface area contributed by atoms with Crippen LogP contribution < -0.4 is 0 Å². The van der Waals surface area contributed by atoms with Crippen molar-refractivity contribution in [2.75, 3.05) is 0 Å². The van der Waals surface area contributed by atoms with Gasteiger partial charge in [0.1, 0.15) is 0 Å². The van der Waals surface area contributed by atoms with E-state index in [0.29, 0.717) is 11.7 Å². The predicted molar refractivity (Wildman–Crippen MR) is 72.3 cm³/mol. The number of rotatable bonds is 3. The second-order valence-corrected chi connectivity index (χ2v) is 5.36. The molecule has 4 nitrogen and oxygen atoms in total. The Morgan fingerprint density at radius 2 is 2.06 bits per heavy atom. The number of halogens is 1. The normalized spacial score (nSPS) is 14.5. The average molecular weight is 311 g/mol. The molecular formula is C13H15BrN2O2. The van der Waals surface area contributed by atoms with Crippen molar-refractivity contribution in [2.45, 2.75) is 32.8 Å². The van der Waals surface area contributed by atoms with Gasteiger partial charge in [0.15, 0.2) is 0 Å². The second kappa shape index (κ2) is 5.20. The Morgan fingerprint density at radius 3 is 2.67 bits per heavy atom. The lowest BCUT2D eigenvalue weighted by molar-refractivity contribution is 0.151. The average Bonchev–Trinajstić information content (AvgIpc) is 2.77. The molecule has 0 spiro atoms. The van der Waals surface area contributed by atoms with Crippen molar-refractivity contribution in [2.24, 2.45) is 0 Å². The van der Waals surface area contributed by atoms with E-state index in [1.807, 2.05) is 32.0 Å². The first-order chi connectivity index (χ1) is 8.49. The maximum atomic E-state index is 9.51. The van der Waals surface area contributed by atoms with Crippen molar-refractivity contribution in [3.8, 4) is 11.4 Å². The standard InChI is InChI=1S/C13H15BrN2O2/c1-7-6-10(14)4-5-11(7)12-15-13(18-16-12)8(2)9(3)17/h4-6,8-9,17H,1-3H3. The van der Waals surface area contributed by atoms with Crippen LogP contribution in [-0.2, 0) is 0 Å². The van der Waals surface area contributed by atoms with Crippen LogP contribution in [-0.4, -0.2) is 21.4 Å². The predicted octanol–water partition coefficient (Wildman–Crippen LogP) is 3.29. The van der Waals surface area contributed by atoms with Crippen LogP contribution in [0.3, 0.4) is 0 Å². The Balaban J connectivity index is 2.35. The maximum absolute atomic E-state index is 9.51. The van der Waals surface area contributed by atoms with Gasteiger partial charge in [0.05, 0.1) is 12.0 Å². The molecule has 18 heavy (non-hydrogen) atoms. The highest BCUT2D eigenvalue weighted by Crippen LogP contribution is 2.26. The van der Waals surface area contributed by atoms with E-state index in [9.17, 15) is 5.11 Å². The third-order valence-corrected chi connectivity index (χ3v) is 3.48. The summed E-state index contributed by atoms with van der Waals surface area (Å²) < 4.78 is 6.21. The lowest BCUT2D eigenvalue weighted by Gasteiger charge is -2.08. The van der Waals surface area contributed by atoms with Gasteiger partial charge in [0, 0.05) is 10.0 Å². The zero-order valence-corrected chi connectivity index (χ0v) is 12.1. The van der Waals surface area contributed by atoms with Gasteiger partial charge in [-0.1, -0.05) is 28.0 Å². The number of benzene rings is 1. The summed E-state index contributed by atoms with van der Waals surface area (Å²) in [6.07, 6.45) is -0.510. The quantitative estimate of drug-likeness (QED) is 0.945. The highest BCUT2D eigenvalue weighted by atomic mass is 79.9. The van der Waals surface area contributed by atoms with E-state index in [0.717, 1.165) is 15.6 Å². The van der Waals surface area contributed by atoms with E-state index < -0.39 is 6.10 Å². The molecule has 2 rings (SSSR count). The topological polar surface area (TPSA) is 59.2 Å². The lowest BCUT2D eigenvalue weighted by atomic mass is 10.1. The Hall–Kier alpha value is -1.20. The number of aryl methyl sites for hydroxylation is 1. The fraction of sp³-hybridized carbons (Fsp3) is 0.385. The fourth-order valence-corrected chi connectivity index (χ4v) is 2.09. The summed E-state index contributed by atoms with van der Waals surface area (Å²) in [6, 6.07) is 5.89. The largest absolute Gasteiger partial charge is 0.393 e. The van der Waals surface area contributed by atoms with Gasteiger partial charge < -0.3 is 9.63 Å². The first-order valence-corrected chi connectivity index (χ1v) is 6.56. The first-order valence-electron chi connectivity index (χ1n) is 5.77. The monoisotopic (exact) mass is 310 g/mol. The van der Waals surface area contributed by atoms with E-state index in [1.54, 1.807) is 6.92 Å². The number of hydrogen-bond donors (Lipinski definition) is 1. The van der Waals surface area contributed by atoms with Gasteiger partial charge in [-0.15, -0.1) is 0 Å². The second-order valence-electron chi connectivity index (χ2n) is 4.44. The third kappa shape index (κ3) is 2.62. The molecule has 1 N–H and O–H groups in total. The molecule has 2 unspecified atom stereocenters. The van der Waals surface area contributed by atoms with Crippen LogP contribution in [0.15, 0.2) is 27.2 Å². The van der Waals surface area contributed by atoms with Crippen molar-refractivity contribution >= 4 is 15.9 Å². The zero-order chi connectivity index (χ0) is 13.3. The Kier molecular flexibility index (Phi) is 3.82. The molecule has 0 bridgehead atoms. The van der Waals surface area contributed by atoms with Crippen LogP contribution in [0.4, 0.5) is 0 Å². The summed E-state index contributed by atoms with van der Waals surface area (Å²) in [5.74, 6) is 0.854. The molecule has 1 heterocycles. The minimum absolute atomic E-state index is 0.165. The first kappa shape index (κ1) is 13.2. The van der Waals surface area contributed by atoms with Gasteiger partial charge in [0.25, 0.3) is 0 Å². The van der Waals surface area contributed by atoms with E-state index in [2.05, 4.69) is 26.1 Å². The molecule has 5 heteroatoms. The molecule has 0 saturated heterocycles. The SMILES string of the molecule is Cc1cc(Br)ccc1-c1noc(C(C)C(C)O)n1. The van der Waals surface area contributed by atoms with Crippen molar-refractivity contribution in [3.05, 3.63) is 34.1 Å². The Bertz CT molecular complexity index is 552. The maximum Gasteiger partial charge on any atom is 0.232 e. The molecule has 0 fully saturated rings. The Labute approximate surface area is 114 Å². The number of aromatic nitrogens is 2. The van der Waals surface area contributed by atoms with Gasteiger partial charge in [-0.25, -0.2) is 0 Å². The van der Waals surface area contributed by atoms with E-state index in [1.165, 1.54) is 0 Å². The lowest BCUT2D eigenvalue weighted by Crippen LogP contribution is -2.11. The van der Waals surface area contributed by atoms with Crippen LogP contribution in [0, 0.1) is 6.92 Å². The van der Waals surface area contributed by atoms with Crippen LogP contribution in [0.25, 0.3) is 11.4 Å². The minimum atomic E-state index is -0.510. The van der Waals surface area contributed by atoms with E-state index in [-0.39, 0.29) is 5.92 Å².